The fraction of sp³-hybridized carbons (Fsp3) is 0.0968. The van der Waals surface area contributed by atoms with E-state index in [0.717, 1.165) is 17.1 Å². The first kappa shape index (κ1) is 37.3. The molecule has 0 fully saturated rings. The summed E-state index contributed by atoms with van der Waals surface area (Å²) in [4.78, 5) is 2.47. The summed E-state index contributed by atoms with van der Waals surface area (Å²) in [7, 11) is 0. The van der Waals surface area contributed by atoms with Crippen LogP contribution in [0.2, 0.25) is 0 Å². The molecule has 10 aromatic rings. The SMILES string of the molecule is CC1(C)c2cc(-c3ccc4ccccc4c3)ccc2-c2ccc(N(c3ccc(-c4ccccc4)cc3)c3ccc4c(c3)C(C)(C)c3cc(-c5ccc6ccccc6c5)ccc3-4)cc21. The molecule has 0 N–H and O–H groups in total. The summed E-state index contributed by atoms with van der Waals surface area (Å²) >= 11 is 0. The molecular weight excluding hydrogens is 759 g/mol. The summed E-state index contributed by atoms with van der Waals surface area (Å²) in [5.74, 6) is 0. The van der Waals surface area contributed by atoms with Crippen LogP contribution in [-0.4, -0.2) is 0 Å². The minimum absolute atomic E-state index is 0.194. The Balaban J connectivity index is 0.950. The van der Waals surface area contributed by atoms with Crippen molar-refractivity contribution < 1.29 is 0 Å². The zero-order valence-corrected chi connectivity index (χ0v) is 36.2. The maximum absolute atomic E-state index is 2.47. The van der Waals surface area contributed by atoms with Crippen LogP contribution in [0.4, 0.5) is 17.1 Å². The molecule has 0 spiro atoms. The highest BCUT2D eigenvalue weighted by molar-refractivity contribution is 5.93. The van der Waals surface area contributed by atoms with Gasteiger partial charge in [-0.1, -0.05) is 179 Å². The third-order valence-electron chi connectivity index (χ3n) is 14.2. The van der Waals surface area contributed by atoms with Crippen molar-refractivity contribution in [3.8, 4) is 55.6 Å². The molecule has 0 amide bonds. The van der Waals surface area contributed by atoms with Gasteiger partial charge in [0.1, 0.15) is 0 Å². The lowest BCUT2D eigenvalue weighted by Crippen LogP contribution is -2.18. The highest BCUT2D eigenvalue weighted by Crippen LogP contribution is 2.54. The van der Waals surface area contributed by atoms with Crippen LogP contribution >= 0.6 is 0 Å². The van der Waals surface area contributed by atoms with E-state index in [1.807, 2.05) is 0 Å². The topological polar surface area (TPSA) is 3.24 Å². The minimum Gasteiger partial charge on any atom is -0.310 e. The van der Waals surface area contributed by atoms with Crippen molar-refractivity contribution >= 4 is 38.6 Å². The van der Waals surface area contributed by atoms with E-state index in [1.54, 1.807) is 0 Å². The summed E-state index contributed by atoms with van der Waals surface area (Å²) in [6, 6.07) is 79.1. The largest absolute Gasteiger partial charge is 0.310 e. The van der Waals surface area contributed by atoms with Gasteiger partial charge in [-0.05, 0) is 160 Å². The van der Waals surface area contributed by atoms with Gasteiger partial charge in [0.15, 0.2) is 0 Å². The number of benzene rings is 10. The Kier molecular flexibility index (Phi) is 8.30. The Labute approximate surface area is 370 Å². The average Bonchev–Trinajstić information content (AvgIpc) is 3.69. The van der Waals surface area contributed by atoms with Crippen molar-refractivity contribution in [3.05, 3.63) is 235 Å². The van der Waals surface area contributed by atoms with Crippen LogP contribution in [0.1, 0.15) is 49.9 Å². The molecule has 0 saturated carbocycles. The van der Waals surface area contributed by atoms with Crippen LogP contribution in [-0.2, 0) is 10.8 Å². The maximum atomic E-state index is 2.47. The molecule has 0 aromatic heterocycles. The van der Waals surface area contributed by atoms with Crippen LogP contribution in [0.5, 0.6) is 0 Å². The molecule has 300 valence electrons. The van der Waals surface area contributed by atoms with Crippen molar-refractivity contribution in [1.82, 2.24) is 0 Å². The lowest BCUT2D eigenvalue weighted by molar-refractivity contribution is 0.660. The maximum Gasteiger partial charge on any atom is 0.0465 e. The summed E-state index contributed by atoms with van der Waals surface area (Å²) in [5.41, 5.74) is 21.2. The van der Waals surface area contributed by atoms with Gasteiger partial charge in [0.2, 0.25) is 0 Å². The zero-order chi connectivity index (χ0) is 42.5. The van der Waals surface area contributed by atoms with Gasteiger partial charge in [-0.2, -0.15) is 0 Å². The molecule has 0 saturated heterocycles. The first-order chi connectivity index (χ1) is 30.7. The van der Waals surface area contributed by atoms with E-state index in [1.165, 1.54) is 99.4 Å². The van der Waals surface area contributed by atoms with E-state index in [-0.39, 0.29) is 10.8 Å². The Bertz CT molecular complexity index is 3250. The van der Waals surface area contributed by atoms with Crippen molar-refractivity contribution in [1.29, 1.82) is 0 Å². The van der Waals surface area contributed by atoms with Gasteiger partial charge in [0.25, 0.3) is 0 Å². The smallest absolute Gasteiger partial charge is 0.0465 e. The normalized spacial score (nSPS) is 14.0. The standard InChI is InChI=1S/C62H47N/c1-61(2)57-36-48(46-20-18-41-14-8-10-16-44(41)34-46)24-30-53(57)55-32-28-51(38-59(55)61)63(50-26-22-43(23-27-50)40-12-6-5-7-13-40)52-29-33-56-54-31-25-49(37-58(54)62(3,4)60(56)39-52)47-21-19-42-15-9-11-17-45(42)35-47/h5-39H,1-4H3. The van der Waals surface area contributed by atoms with Crippen LogP contribution in [0, 0.1) is 0 Å². The molecule has 0 unspecified atom stereocenters. The lowest BCUT2D eigenvalue weighted by Gasteiger charge is -2.30. The molecule has 0 radical (unpaired) electrons. The van der Waals surface area contributed by atoms with Crippen molar-refractivity contribution in [3.63, 3.8) is 0 Å². The number of fused-ring (bicyclic) bond motifs is 8. The molecule has 10 aromatic carbocycles. The first-order valence-corrected chi connectivity index (χ1v) is 22.2. The number of hydrogen-bond donors (Lipinski definition) is 0. The fourth-order valence-electron chi connectivity index (χ4n) is 10.7. The third-order valence-corrected chi connectivity index (χ3v) is 14.2. The van der Waals surface area contributed by atoms with Gasteiger partial charge in [0.05, 0.1) is 0 Å². The van der Waals surface area contributed by atoms with Gasteiger partial charge in [-0.25, -0.2) is 0 Å². The summed E-state index contributed by atoms with van der Waals surface area (Å²) < 4.78 is 0. The van der Waals surface area contributed by atoms with Gasteiger partial charge in [-0.15, -0.1) is 0 Å². The number of nitrogens with zero attached hydrogens (tertiary/aromatic N) is 1. The van der Waals surface area contributed by atoms with E-state index in [2.05, 4.69) is 245 Å². The van der Waals surface area contributed by atoms with Gasteiger partial charge in [0, 0.05) is 27.9 Å². The van der Waals surface area contributed by atoms with Crippen LogP contribution in [0.15, 0.2) is 212 Å². The molecule has 2 aliphatic rings. The van der Waals surface area contributed by atoms with E-state index >= 15 is 0 Å². The van der Waals surface area contributed by atoms with Gasteiger partial charge < -0.3 is 4.90 Å². The second kappa shape index (κ2) is 14.0. The van der Waals surface area contributed by atoms with Crippen LogP contribution in [0.25, 0.3) is 77.2 Å². The highest BCUT2D eigenvalue weighted by atomic mass is 15.1. The molecule has 0 atom stereocenters. The summed E-state index contributed by atoms with van der Waals surface area (Å²) in [5, 5.41) is 5.07. The average molecular weight is 806 g/mol. The molecule has 2 aliphatic carbocycles. The number of hydrogen-bond acceptors (Lipinski definition) is 1. The Morgan fingerprint density at radius 1 is 0.254 bits per heavy atom. The molecule has 1 nitrogen and oxygen atoms in total. The lowest BCUT2D eigenvalue weighted by atomic mass is 9.81. The van der Waals surface area contributed by atoms with E-state index in [0.29, 0.717) is 0 Å². The number of rotatable bonds is 6. The van der Waals surface area contributed by atoms with E-state index < -0.39 is 0 Å². The molecule has 12 rings (SSSR count). The third kappa shape index (κ3) is 5.98. The molecule has 0 bridgehead atoms. The minimum atomic E-state index is -0.194. The quantitative estimate of drug-likeness (QED) is 0.162. The highest BCUT2D eigenvalue weighted by Gasteiger charge is 2.38. The zero-order valence-electron chi connectivity index (χ0n) is 36.2. The Morgan fingerprint density at radius 3 is 1.06 bits per heavy atom. The molecule has 1 heteroatoms. The van der Waals surface area contributed by atoms with Crippen molar-refractivity contribution in [2.45, 2.75) is 38.5 Å². The Morgan fingerprint density at radius 2 is 0.587 bits per heavy atom. The second-order valence-electron chi connectivity index (χ2n) is 18.6. The van der Waals surface area contributed by atoms with Gasteiger partial charge in [-0.3, -0.25) is 0 Å². The van der Waals surface area contributed by atoms with Crippen molar-refractivity contribution in [2.24, 2.45) is 0 Å². The first-order valence-electron chi connectivity index (χ1n) is 22.2. The predicted molar refractivity (Wildman–Crippen MR) is 268 cm³/mol. The fourth-order valence-corrected chi connectivity index (χ4v) is 10.7. The molecule has 63 heavy (non-hydrogen) atoms. The van der Waals surface area contributed by atoms with Crippen LogP contribution in [0.3, 0.4) is 0 Å². The molecule has 0 aliphatic heterocycles. The summed E-state index contributed by atoms with van der Waals surface area (Å²) in [6.45, 7) is 9.58. The second-order valence-corrected chi connectivity index (χ2v) is 18.6. The molecular formula is C62H47N. The monoisotopic (exact) mass is 805 g/mol. The van der Waals surface area contributed by atoms with Crippen LogP contribution < -0.4 is 4.90 Å². The number of anilines is 3. The Hall–Kier alpha value is -7.48. The summed E-state index contributed by atoms with van der Waals surface area (Å²) in [6.07, 6.45) is 0. The van der Waals surface area contributed by atoms with Gasteiger partial charge >= 0.3 is 0 Å². The molecule has 0 heterocycles. The van der Waals surface area contributed by atoms with E-state index in [4.69, 9.17) is 0 Å². The van der Waals surface area contributed by atoms with Crippen molar-refractivity contribution in [2.75, 3.05) is 4.90 Å². The van der Waals surface area contributed by atoms with E-state index in [9.17, 15) is 0 Å². The predicted octanol–water partition coefficient (Wildman–Crippen LogP) is 17.1.